The number of carbonyl (C=O) groups excluding carboxylic acids is 3. The number of nitrogens with one attached hydrogen (secondary N) is 3. The summed E-state index contributed by atoms with van der Waals surface area (Å²) in [4.78, 5) is 49.1. The Hall–Kier alpha value is -3.51. The van der Waals surface area contributed by atoms with Crippen molar-refractivity contribution in [3.8, 4) is 11.3 Å². The fraction of sp³-hybridized carbons (Fsp3) is 0.780. The van der Waals surface area contributed by atoms with Crippen LogP contribution in [0.15, 0.2) is 36.5 Å². The summed E-state index contributed by atoms with van der Waals surface area (Å²) in [6, 6.07) is 11.5. The van der Waals surface area contributed by atoms with E-state index in [1.807, 2.05) is 34.1 Å². The first kappa shape index (κ1) is 71.5. The van der Waals surface area contributed by atoms with Gasteiger partial charge in [0, 0.05) is 39.3 Å². The average molecular weight is 1070 g/mol. The van der Waals surface area contributed by atoms with Gasteiger partial charge in [-0.25, -0.2) is 4.98 Å². The Morgan fingerprint density at radius 1 is 0.707 bits per heavy atom. The first-order valence-electron chi connectivity index (χ1n) is 29.4. The number of rotatable bonds is 25. The fourth-order valence-electron chi connectivity index (χ4n) is 8.94. The molecule has 0 saturated carbocycles. The SMILES string of the molecule is CCCC(C(=O)OCC)N(C)CCC.CCCCC1C(=O)NCCN1C.CCCCC1C(=S)NCCN1C.CCCCC1c2ncc(-c3ccccc3)n2CCN1C.CCCN.CCCNC(CCC)C(=O)OCC. The zero-order valence-electron chi connectivity index (χ0n) is 50.2. The van der Waals surface area contributed by atoms with E-state index < -0.39 is 0 Å². The van der Waals surface area contributed by atoms with Crippen LogP contribution in [-0.2, 0) is 30.4 Å². The lowest BCUT2D eigenvalue weighted by Gasteiger charge is -2.34. The topological polar surface area (TPSA) is 163 Å². The zero-order valence-corrected chi connectivity index (χ0v) is 51.0. The number of amides is 1. The molecule has 4 heterocycles. The van der Waals surface area contributed by atoms with Crippen LogP contribution in [0.25, 0.3) is 11.3 Å². The van der Waals surface area contributed by atoms with Crippen molar-refractivity contribution >= 4 is 35.1 Å². The molecule has 3 aliphatic rings. The van der Waals surface area contributed by atoms with E-state index >= 15 is 0 Å². The lowest BCUT2D eigenvalue weighted by molar-refractivity contribution is -0.149. The van der Waals surface area contributed by atoms with Crippen LogP contribution in [0.5, 0.6) is 0 Å². The summed E-state index contributed by atoms with van der Waals surface area (Å²) in [5, 5.41) is 9.33. The Morgan fingerprint density at radius 3 is 1.75 bits per heavy atom. The number of hydrogen-bond donors (Lipinski definition) is 4. The molecule has 5 rings (SSSR count). The number of likely N-dealkylation sites (N-methyl/N-ethyl adjacent to an activating group) is 4. The van der Waals surface area contributed by atoms with Gasteiger partial charge in [0.25, 0.3) is 0 Å². The minimum absolute atomic E-state index is 0.0556. The minimum atomic E-state index is -0.113. The highest BCUT2D eigenvalue weighted by atomic mass is 32.1. The summed E-state index contributed by atoms with van der Waals surface area (Å²) in [5.74, 6) is 1.26. The van der Waals surface area contributed by atoms with Crippen LogP contribution in [0.1, 0.15) is 184 Å². The van der Waals surface area contributed by atoms with Gasteiger partial charge in [-0.05, 0) is 119 Å². The number of nitrogens with two attached hydrogens (primary N) is 1. The van der Waals surface area contributed by atoms with Gasteiger partial charge in [0.15, 0.2) is 0 Å². The summed E-state index contributed by atoms with van der Waals surface area (Å²) in [5.41, 5.74) is 7.56. The van der Waals surface area contributed by atoms with Crippen LogP contribution in [0.2, 0.25) is 0 Å². The zero-order chi connectivity index (χ0) is 56.4. The van der Waals surface area contributed by atoms with Gasteiger partial charge in [-0.15, -0.1) is 0 Å². The lowest BCUT2D eigenvalue weighted by Crippen LogP contribution is -2.53. The van der Waals surface area contributed by atoms with Gasteiger partial charge in [0.1, 0.15) is 17.9 Å². The molecule has 1 aromatic carbocycles. The maximum absolute atomic E-state index is 11.6. The molecule has 16 heteroatoms. The van der Waals surface area contributed by atoms with Crippen molar-refractivity contribution < 1.29 is 23.9 Å². The van der Waals surface area contributed by atoms with Crippen molar-refractivity contribution in [1.29, 1.82) is 0 Å². The molecule has 434 valence electrons. The molecule has 75 heavy (non-hydrogen) atoms. The van der Waals surface area contributed by atoms with E-state index in [1.54, 1.807) is 0 Å². The smallest absolute Gasteiger partial charge is 0.323 e. The van der Waals surface area contributed by atoms with Crippen LogP contribution in [0.4, 0.5) is 0 Å². The average Bonchev–Trinajstić information content (AvgIpc) is 3.84. The first-order chi connectivity index (χ1) is 36.2. The maximum atomic E-state index is 11.6. The number of imidazole rings is 1. The molecule has 5 unspecified atom stereocenters. The highest BCUT2D eigenvalue weighted by Crippen LogP contribution is 2.32. The predicted molar refractivity (Wildman–Crippen MR) is 319 cm³/mol. The largest absolute Gasteiger partial charge is 0.465 e. The van der Waals surface area contributed by atoms with E-state index in [9.17, 15) is 14.4 Å². The number of ether oxygens (including phenoxy) is 2. The molecule has 2 fully saturated rings. The van der Waals surface area contributed by atoms with E-state index in [1.165, 1.54) is 55.6 Å². The molecule has 0 aliphatic carbocycles. The Labute approximate surface area is 463 Å². The molecule has 2 saturated heterocycles. The Bertz CT molecular complexity index is 1700. The fourth-order valence-corrected chi connectivity index (χ4v) is 9.34. The number of fused-ring (bicyclic) bond motifs is 1. The molecule has 2 aromatic rings. The second kappa shape index (κ2) is 45.5. The number of piperazine rings is 2. The summed E-state index contributed by atoms with van der Waals surface area (Å²) in [7, 11) is 8.40. The Balaban J connectivity index is 0.000000910. The molecule has 15 nitrogen and oxygen atoms in total. The molecule has 5 N–H and O–H groups in total. The predicted octanol–water partition coefficient (Wildman–Crippen LogP) is 9.87. The number of hydrogen-bond acceptors (Lipinski definition) is 13. The molecule has 0 spiro atoms. The summed E-state index contributed by atoms with van der Waals surface area (Å²) >= 11 is 5.26. The van der Waals surface area contributed by atoms with Crippen molar-refractivity contribution in [1.82, 2.24) is 45.1 Å². The van der Waals surface area contributed by atoms with Crippen LogP contribution in [-0.4, -0.2) is 170 Å². The van der Waals surface area contributed by atoms with Crippen LogP contribution in [0, 0.1) is 0 Å². The highest BCUT2D eigenvalue weighted by molar-refractivity contribution is 7.80. The van der Waals surface area contributed by atoms with Gasteiger partial charge in [0.2, 0.25) is 5.91 Å². The van der Waals surface area contributed by atoms with Crippen LogP contribution < -0.4 is 21.7 Å². The number of thiocarbonyl (C=S) groups is 1. The highest BCUT2D eigenvalue weighted by Gasteiger charge is 2.29. The summed E-state index contributed by atoms with van der Waals surface area (Å²) in [6.45, 7) is 30.4. The van der Waals surface area contributed by atoms with Crippen molar-refractivity contribution in [2.45, 2.75) is 209 Å². The number of aromatic nitrogens is 2. The van der Waals surface area contributed by atoms with E-state index in [2.05, 4.69) is 140 Å². The van der Waals surface area contributed by atoms with Crippen molar-refractivity contribution in [3.05, 3.63) is 42.4 Å². The monoisotopic (exact) mass is 1070 g/mol. The molecule has 3 aliphatic heterocycles. The number of benzene rings is 1. The van der Waals surface area contributed by atoms with Gasteiger partial charge in [-0.2, -0.15) is 0 Å². The third-order valence-electron chi connectivity index (χ3n) is 13.5. The van der Waals surface area contributed by atoms with Gasteiger partial charge in [-0.3, -0.25) is 34.0 Å². The number of carbonyl (C=O) groups is 3. The quantitative estimate of drug-likeness (QED) is 0.0549. The van der Waals surface area contributed by atoms with E-state index in [0.717, 1.165) is 128 Å². The first-order valence-corrected chi connectivity index (χ1v) is 29.8. The van der Waals surface area contributed by atoms with Crippen LogP contribution >= 0.6 is 12.2 Å². The summed E-state index contributed by atoms with van der Waals surface area (Å²) < 4.78 is 12.4. The molecule has 0 bridgehead atoms. The van der Waals surface area contributed by atoms with E-state index in [4.69, 9.17) is 32.4 Å². The van der Waals surface area contributed by atoms with Crippen molar-refractivity contribution in [2.75, 3.05) is 93.8 Å². The molecule has 1 aromatic heterocycles. The molecular formula is C59H112N10O5S. The normalized spacial score (nSPS) is 18.2. The van der Waals surface area contributed by atoms with E-state index in [-0.39, 0.29) is 36.0 Å². The minimum Gasteiger partial charge on any atom is -0.465 e. The molecule has 5 atom stereocenters. The number of nitrogens with zero attached hydrogens (tertiary/aromatic N) is 6. The number of esters is 2. The lowest BCUT2D eigenvalue weighted by atomic mass is 10.1. The Kier molecular flexibility index (Phi) is 43.4. The third kappa shape index (κ3) is 29.2. The van der Waals surface area contributed by atoms with Crippen molar-refractivity contribution in [2.24, 2.45) is 5.73 Å². The second-order valence-corrected chi connectivity index (χ2v) is 20.3. The maximum Gasteiger partial charge on any atom is 0.323 e. The second-order valence-electron chi connectivity index (χ2n) is 19.9. The Morgan fingerprint density at radius 2 is 1.24 bits per heavy atom. The summed E-state index contributed by atoms with van der Waals surface area (Å²) in [6.07, 6.45) is 19.8. The molecule has 0 radical (unpaired) electrons. The number of unbranched alkanes of at least 4 members (excludes halogenated alkanes) is 3. The van der Waals surface area contributed by atoms with Gasteiger partial charge in [-0.1, -0.05) is 149 Å². The van der Waals surface area contributed by atoms with Crippen LogP contribution in [0.3, 0.4) is 0 Å². The third-order valence-corrected chi connectivity index (χ3v) is 13.9. The molecule has 1 amide bonds. The molecular weight excluding hydrogens is 961 g/mol. The van der Waals surface area contributed by atoms with Gasteiger partial charge in [0.05, 0.1) is 48.2 Å². The van der Waals surface area contributed by atoms with Gasteiger partial charge < -0.3 is 35.7 Å². The van der Waals surface area contributed by atoms with Crippen molar-refractivity contribution in [3.63, 3.8) is 0 Å². The van der Waals surface area contributed by atoms with E-state index in [0.29, 0.717) is 25.3 Å². The standard InChI is InChI=1S/C17H23N3.C11H23NO2.C10H21NO2.C9H18N2O.C9H18N2S.C3H9N/c1-3-4-10-15-17-18-13-16(14-8-6-5-7-9-14)20(17)12-11-19(15)2;1-5-8-10(11(13)14-7-3)12(4)9-6-2;1-4-7-9(11-8-5-2)10(12)13-6-3;2*1-3-4-5-8-9(12)10-6-7-11(8)2;1-2-3-4/h5-9,13,15H,3-4,10-12H2,1-2H3;10H,5-9H2,1-4H3;9,11H,4-8H2,1-3H3;2*8H,3-7H2,1-2H3,(H,10,12);2-4H2,1H3. The van der Waals surface area contributed by atoms with Gasteiger partial charge >= 0.3 is 11.9 Å².